The summed E-state index contributed by atoms with van der Waals surface area (Å²) in [5, 5.41) is 14.6. The van der Waals surface area contributed by atoms with Gasteiger partial charge in [-0.3, -0.25) is 4.79 Å². The number of hydrogen-bond donors (Lipinski definition) is 0. The number of thioether (sulfide) groups is 1. The summed E-state index contributed by atoms with van der Waals surface area (Å²) in [6, 6.07) is 0. The van der Waals surface area contributed by atoms with Crippen LogP contribution in [-0.2, 0) is 27.3 Å². The van der Waals surface area contributed by atoms with E-state index in [0.717, 1.165) is 22.3 Å². The molecule has 0 aromatic carbocycles. The summed E-state index contributed by atoms with van der Waals surface area (Å²) in [7, 11) is 0. The molecule has 0 radical (unpaired) electrons. The van der Waals surface area contributed by atoms with Crippen LogP contribution in [0.2, 0.25) is 0 Å². The van der Waals surface area contributed by atoms with Gasteiger partial charge in [-0.15, -0.1) is 21.5 Å². The molecule has 4 aromatic heterocycles. The van der Waals surface area contributed by atoms with Gasteiger partial charge in [0.05, 0.1) is 30.0 Å². The van der Waals surface area contributed by atoms with Crippen molar-refractivity contribution >= 4 is 50.7 Å². The molecule has 5 heterocycles. The zero-order valence-electron chi connectivity index (χ0n) is 15.6. The average Bonchev–Trinajstić information content (AvgIpc) is 3.34. The fourth-order valence-corrected chi connectivity index (χ4v) is 5.50. The van der Waals surface area contributed by atoms with Gasteiger partial charge in [0.1, 0.15) is 11.2 Å². The van der Waals surface area contributed by atoms with E-state index < -0.39 is 0 Å². The lowest BCUT2D eigenvalue weighted by Gasteiger charge is -2.30. The van der Waals surface area contributed by atoms with Crippen molar-refractivity contribution in [3.05, 3.63) is 16.8 Å². The van der Waals surface area contributed by atoms with Crippen LogP contribution in [0.5, 0.6) is 0 Å². The van der Waals surface area contributed by atoms with Gasteiger partial charge in [0.2, 0.25) is 0 Å². The maximum absolute atomic E-state index is 11.8. The van der Waals surface area contributed by atoms with Crippen molar-refractivity contribution in [1.82, 2.24) is 29.2 Å². The Hall–Kier alpha value is -2.24. The lowest BCUT2D eigenvalue weighted by molar-refractivity contribution is -0.139. The number of esters is 1. The zero-order chi connectivity index (χ0) is 19.5. The van der Waals surface area contributed by atoms with Gasteiger partial charge >= 0.3 is 5.97 Å². The van der Waals surface area contributed by atoms with Crippen molar-refractivity contribution in [2.75, 3.05) is 12.4 Å². The van der Waals surface area contributed by atoms with E-state index >= 15 is 0 Å². The Bertz CT molecular complexity index is 1220. The highest BCUT2D eigenvalue weighted by atomic mass is 32.2. The number of rotatable bonds is 4. The second-order valence-electron chi connectivity index (χ2n) is 7.12. The average molecular weight is 419 g/mol. The number of fused-ring (bicyclic) bond motifs is 8. The minimum Gasteiger partial charge on any atom is -0.465 e. The standard InChI is InChI=1S/C17H18N6O3S2/c1-4-25-11(24)7-27-16-21-20-15-22(16)14-12(13-18-8-19-23(13)15)9-5-17(2,3)26-6-10(9)28-14/h8H,4-7H2,1-3H3. The Kier molecular flexibility index (Phi) is 4.07. The van der Waals surface area contributed by atoms with Crippen LogP contribution in [-0.4, -0.2) is 53.1 Å². The van der Waals surface area contributed by atoms with Crippen molar-refractivity contribution < 1.29 is 14.3 Å². The number of carbonyl (C=O) groups excluding carboxylic acids is 1. The summed E-state index contributed by atoms with van der Waals surface area (Å²) >= 11 is 2.96. The van der Waals surface area contributed by atoms with Crippen LogP contribution >= 0.6 is 23.1 Å². The molecular weight excluding hydrogens is 400 g/mol. The van der Waals surface area contributed by atoms with E-state index in [-0.39, 0.29) is 17.3 Å². The monoisotopic (exact) mass is 418 g/mol. The quantitative estimate of drug-likeness (QED) is 0.368. The molecule has 9 nitrogen and oxygen atoms in total. The van der Waals surface area contributed by atoms with Crippen molar-refractivity contribution in [2.45, 2.75) is 44.6 Å². The minimum atomic E-state index is -0.275. The van der Waals surface area contributed by atoms with Gasteiger partial charge in [0.15, 0.2) is 10.8 Å². The topological polar surface area (TPSA) is 95.9 Å². The summed E-state index contributed by atoms with van der Waals surface area (Å²) in [6.07, 6.45) is 2.33. The SMILES string of the molecule is CCOC(=O)CSc1nnc2n3ncnc3c3c4c(sc3n12)COC(C)(C)C4. The van der Waals surface area contributed by atoms with Crippen LogP contribution in [0.1, 0.15) is 31.2 Å². The highest BCUT2D eigenvalue weighted by molar-refractivity contribution is 7.99. The molecule has 0 N–H and O–H groups in total. The normalized spacial score (nSPS) is 16.1. The summed E-state index contributed by atoms with van der Waals surface area (Å²) in [6.45, 7) is 6.91. The van der Waals surface area contributed by atoms with Crippen LogP contribution in [0.4, 0.5) is 0 Å². The Balaban J connectivity index is 1.73. The molecule has 1 aliphatic heterocycles. The molecule has 0 bridgehead atoms. The maximum atomic E-state index is 11.8. The summed E-state index contributed by atoms with van der Waals surface area (Å²) in [5.74, 6) is 0.473. The molecule has 5 rings (SSSR count). The fourth-order valence-electron chi connectivity index (χ4n) is 3.48. The fraction of sp³-hybridized carbons (Fsp3) is 0.471. The molecule has 11 heteroatoms. The van der Waals surface area contributed by atoms with Crippen molar-refractivity contribution in [2.24, 2.45) is 0 Å². The second-order valence-corrected chi connectivity index (χ2v) is 9.14. The van der Waals surface area contributed by atoms with E-state index in [4.69, 9.17) is 9.47 Å². The number of ether oxygens (including phenoxy) is 2. The van der Waals surface area contributed by atoms with Gasteiger partial charge in [0, 0.05) is 11.3 Å². The third kappa shape index (κ3) is 2.68. The first-order valence-corrected chi connectivity index (χ1v) is 10.7. The number of aromatic nitrogens is 6. The number of thiophene rings is 1. The lowest BCUT2D eigenvalue weighted by atomic mass is 9.94. The van der Waals surface area contributed by atoms with E-state index in [9.17, 15) is 4.79 Å². The molecule has 0 unspecified atom stereocenters. The lowest BCUT2D eigenvalue weighted by Crippen LogP contribution is -2.31. The van der Waals surface area contributed by atoms with E-state index in [0.29, 0.717) is 24.1 Å². The van der Waals surface area contributed by atoms with Gasteiger partial charge in [0.25, 0.3) is 5.78 Å². The molecule has 28 heavy (non-hydrogen) atoms. The van der Waals surface area contributed by atoms with E-state index in [1.54, 1.807) is 22.8 Å². The summed E-state index contributed by atoms with van der Waals surface area (Å²) in [4.78, 5) is 18.5. The second kappa shape index (κ2) is 6.39. The number of carbonyl (C=O) groups is 1. The summed E-state index contributed by atoms with van der Waals surface area (Å²) in [5.41, 5.74) is 1.78. The number of nitrogens with zero attached hydrogens (tertiary/aromatic N) is 6. The molecule has 1 aliphatic rings. The van der Waals surface area contributed by atoms with Crippen molar-refractivity contribution in [1.29, 1.82) is 0 Å². The van der Waals surface area contributed by atoms with Crippen molar-refractivity contribution in [3.8, 4) is 0 Å². The number of hydrogen-bond acceptors (Lipinski definition) is 9. The van der Waals surface area contributed by atoms with E-state index in [2.05, 4.69) is 34.1 Å². The minimum absolute atomic E-state index is 0.173. The Morgan fingerprint density at radius 3 is 3.11 bits per heavy atom. The first kappa shape index (κ1) is 17.8. The van der Waals surface area contributed by atoms with Gasteiger partial charge in [-0.25, -0.2) is 9.38 Å². The van der Waals surface area contributed by atoms with Gasteiger partial charge in [-0.1, -0.05) is 11.8 Å². The first-order chi connectivity index (χ1) is 13.5. The van der Waals surface area contributed by atoms with Crippen LogP contribution in [0.3, 0.4) is 0 Å². The van der Waals surface area contributed by atoms with E-state index in [1.807, 2.05) is 4.40 Å². The summed E-state index contributed by atoms with van der Waals surface area (Å²) < 4.78 is 14.7. The highest BCUT2D eigenvalue weighted by Crippen LogP contribution is 2.41. The van der Waals surface area contributed by atoms with Gasteiger partial charge in [-0.2, -0.15) is 9.61 Å². The molecule has 146 valence electrons. The van der Waals surface area contributed by atoms with Crippen LogP contribution < -0.4 is 0 Å². The molecule has 4 aromatic rings. The van der Waals surface area contributed by atoms with Crippen LogP contribution in [0, 0.1) is 0 Å². The Morgan fingerprint density at radius 2 is 2.29 bits per heavy atom. The molecule has 0 atom stereocenters. The Labute approximate surface area is 168 Å². The molecule has 0 amide bonds. The third-order valence-electron chi connectivity index (χ3n) is 4.67. The molecule has 0 saturated heterocycles. The predicted molar refractivity (Wildman–Crippen MR) is 105 cm³/mol. The molecule has 0 fully saturated rings. The molecule has 0 spiro atoms. The van der Waals surface area contributed by atoms with Gasteiger partial charge in [-0.05, 0) is 26.3 Å². The molecular formula is C17H18N6O3S2. The smallest absolute Gasteiger partial charge is 0.316 e. The Morgan fingerprint density at radius 1 is 1.43 bits per heavy atom. The van der Waals surface area contributed by atoms with E-state index in [1.165, 1.54) is 28.5 Å². The highest BCUT2D eigenvalue weighted by Gasteiger charge is 2.32. The van der Waals surface area contributed by atoms with Crippen LogP contribution in [0.15, 0.2) is 11.5 Å². The molecule has 0 aliphatic carbocycles. The third-order valence-corrected chi connectivity index (χ3v) is 6.77. The van der Waals surface area contributed by atoms with Crippen LogP contribution in [0.25, 0.3) is 21.6 Å². The zero-order valence-corrected chi connectivity index (χ0v) is 17.3. The predicted octanol–water partition coefficient (Wildman–Crippen LogP) is 2.49. The molecule has 0 saturated carbocycles. The first-order valence-electron chi connectivity index (χ1n) is 8.92. The maximum Gasteiger partial charge on any atom is 0.316 e. The van der Waals surface area contributed by atoms with Gasteiger partial charge < -0.3 is 9.47 Å². The largest absolute Gasteiger partial charge is 0.465 e. The van der Waals surface area contributed by atoms with Crippen molar-refractivity contribution in [3.63, 3.8) is 0 Å².